The quantitative estimate of drug-likeness (QED) is 0.389. The lowest BCUT2D eigenvalue weighted by Crippen LogP contribution is -2.05. The van der Waals surface area contributed by atoms with Crippen LogP contribution in [0.25, 0.3) is 16.5 Å². The van der Waals surface area contributed by atoms with Crippen molar-refractivity contribution in [1.29, 1.82) is 0 Å². The molecule has 1 aromatic carbocycles. The van der Waals surface area contributed by atoms with Crippen LogP contribution in [0.2, 0.25) is 0 Å². The molecule has 1 heterocycles. The summed E-state index contributed by atoms with van der Waals surface area (Å²) in [4.78, 5) is 0. The fourth-order valence-corrected chi connectivity index (χ4v) is 4.74. The van der Waals surface area contributed by atoms with E-state index in [0.29, 0.717) is 25.1 Å². The zero-order valence-corrected chi connectivity index (χ0v) is 16.4. The minimum Gasteiger partial charge on any atom is -0.483 e. The van der Waals surface area contributed by atoms with E-state index in [-0.39, 0.29) is 6.35 Å². The fraction of sp³-hybridized carbons (Fsp3) is 0.400. The predicted octanol–water partition coefficient (Wildman–Crippen LogP) is 5.92. The summed E-state index contributed by atoms with van der Waals surface area (Å²) in [6, 6.07) is 5.92. The lowest BCUT2D eigenvalue weighted by atomic mass is 10.1. The number of hydrogen-bond donors (Lipinski definition) is 0. The lowest BCUT2D eigenvalue weighted by molar-refractivity contribution is 0.293. The third-order valence-corrected chi connectivity index (χ3v) is 6.38. The first-order valence-corrected chi connectivity index (χ1v) is 10.7. The van der Waals surface area contributed by atoms with Gasteiger partial charge in [0.05, 0.1) is 12.1 Å². The molecule has 0 aliphatic carbocycles. The molecule has 25 heavy (non-hydrogen) atoms. The molecule has 5 heteroatoms. The summed E-state index contributed by atoms with van der Waals surface area (Å²) in [5, 5.41) is 1.13. The summed E-state index contributed by atoms with van der Waals surface area (Å²) >= 11 is 0. The van der Waals surface area contributed by atoms with Crippen LogP contribution < -0.4 is 4.74 Å². The van der Waals surface area contributed by atoms with Crippen molar-refractivity contribution in [2.45, 2.75) is 33.7 Å². The van der Waals surface area contributed by atoms with Crippen LogP contribution in [0.1, 0.15) is 32.8 Å². The molecule has 136 valence electrons. The van der Waals surface area contributed by atoms with Crippen molar-refractivity contribution in [2.75, 3.05) is 19.1 Å². The molecule has 1 unspecified atom stereocenters. The summed E-state index contributed by atoms with van der Waals surface area (Å²) in [6.07, 6.45) is 5.40. The van der Waals surface area contributed by atoms with Crippen LogP contribution in [-0.2, 0) is 15.6 Å². The summed E-state index contributed by atoms with van der Waals surface area (Å²) < 4.78 is 26.2. The van der Waals surface area contributed by atoms with Crippen LogP contribution in [0.4, 0.5) is 0 Å². The Morgan fingerprint density at radius 3 is 2.72 bits per heavy atom. The van der Waals surface area contributed by atoms with E-state index in [1.54, 1.807) is 0 Å². The number of ether oxygens (including phenoxy) is 1. The van der Waals surface area contributed by atoms with Gasteiger partial charge in [0.1, 0.15) is 5.75 Å². The van der Waals surface area contributed by atoms with Gasteiger partial charge in [-0.15, -0.1) is 6.58 Å². The smallest absolute Gasteiger partial charge is 0.239 e. The van der Waals surface area contributed by atoms with Gasteiger partial charge >= 0.3 is 0 Å². The Bertz CT molecular complexity index is 797. The van der Waals surface area contributed by atoms with Gasteiger partial charge in [-0.1, -0.05) is 19.6 Å². The number of benzene rings is 1. The highest BCUT2D eigenvalue weighted by atomic mass is 31.2. The summed E-state index contributed by atoms with van der Waals surface area (Å²) in [5.74, 6) is 0.695. The lowest BCUT2D eigenvalue weighted by Gasteiger charge is -2.18. The standard InChI is InChI=1S/C20H28NO3P/c1-6-11-21-14-19(16(4)5)18-10-9-17(13-20(18)21)23-15-25(22,12-7-2)24-8-3/h6,9-10,13-14H,1,4,7-8,11-12,15H2,2-3,5H3. The van der Waals surface area contributed by atoms with E-state index in [4.69, 9.17) is 9.26 Å². The van der Waals surface area contributed by atoms with Gasteiger partial charge < -0.3 is 13.8 Å². The number of allylic oxidation sites excluding steroid dienone is 2. The maximum atomic E-state index is 12.7. The monoisotopic (exact) mass is 361 g/mol. The molecule has 0 bridgehead atoms. The molecule has 0 saturated heterocycles. The normalized spacial score (nSPS) is 13.6. The van der Waals surface area contributed by atoms with Gasteiger partial charge in [-0.3, -0.25) is 4.57 Å². The second-order valence-electron chi connectivity index (χ2n) is 6.17. The third kappa shape index (κ3) is 4.65. The van der Waals surface area contributed by atoms with Gasteiger partial charge in [0.25, 0.3) is 0 Å². The minimum atomic E-state index is -2.74. The molecule has 0 aliphatic rings. The van der Waals surface area contributed by atoms with E-state index in [2.05, 4.69) is 23.9 Å². The fourth-order valence-electron chi connectivity index (χ4n) is 2.91. The van der Waals surface area contributed by atoms with Gasteiger partial charge in [-0.05, 0) is 38.0 Å². The summed E-state index contributed by atoms with van der Waals surface area (Å²) in [6.45, 7) is 14.9. The van der Waals surface area contributed by atoms with Crippen molar-refractivity contribution < 1.29 is 13.8 Å². The maximum Gasteiger partial charge on any atom is 0.239 e. The van der Waals surface area contributed by atoms with E-state index in [0.717, 1.165) is 28.5 Å². The van der Waals surface area contributed by atoms with Crippen LogP contribution in [0.15, 0.2) is 43.6 Å². The van der Waals surface area contributed by atoms with Crippen molar-refractivity contribution in [3.63, 3.8) is 0 Å². The van der Waals surface area contributed by atoms with Crippen molar-refractivity contribution in [3.8, 4) is 5.75 Å². The Balaban J connectivity index is 2.31. The largest absolute Gasteiger partial charge is 0.483 e. The molecule has 0 amide bonds. The minimum absolute atomic E-state index is 0.107. The van der Waals surface area contributed by atoms with Crippen molar-refractivity contribution in [3.05, 3.63) is 49.2 Å². The zero-order valence-electron chi connectivity index (χ0n) is 15.5. The topological polar surface area (TPSA) is 40.5 Å². The predicted molar refractivity (Wildman–Crippen MR) is 107 cm³/mol. The third-order valence-electron chi connectivity index (χ3n) is 4.00. The second kappa shape index (κ2) is 8.55. The molecule has 0 aliphatic heterocycles. The average Bonchev–Trinajstić information content (AvgIpc) is 2.92. The molecule has 0 saturated carbocycles. The van der Waals surface area contributed by atoms with Crippen LogP contribution in [-0.4, -0.2) is 23.7 Å². The van der Waals surface area contributed by atoms with Crippen LogP contribution >= 0.6 is 7.37 Å². The molecule has 0 radical (unpaired) electrons. The number of aromatic nitrogens is 1. The summed E-state index contributed by atoms with van der Waals surface area (Å²) in [7, 11) is -2.74. The van der Waals surface area contributed by atoms with Crippen molar-refractivity contribution in [1.82, 2.24) is 4.57 Å². The van der Waals surface area contributed by atoms with Gasteiger partial charge in [0.2, 0.25) is 7.37 Å². The van der Waals surface area contributed by atoms with E-state index in [9.17, 15) is 4.57 Å². The molecular weight excluding hydrogens is 333 g/mol. The number of fused-ring (bicyclic) bond motifs is 1. The van der Waals surface area contributed by atoms with Gasteiger partial charge in [-0.25, -0.2) is 0 Å². The van der Waals surface area contributed by atoms with E-state index in [1.807, 2.05) is 45.0 Å². The van der Waals surface area contributed by atoms with E-state index >= 15 is 0 Å². The van der Waals surface area contributed by atoms with Gasteiger partial charge in [0, 0.05) is 35.9 Å². The van der Waals surface area contributed by atoms with Crippen LogP contribution in [0.5, 0.6) is 5.75 Å². The molecular formula is C20H28NO3P. The van der Waals surface area contributed by atoms with E-state index in [1.165, 1.54) is 0 Å². The van der Waals surface area contributed by atoms with Gasteiger partial charge in [-0.2, -0.15) is 0 Å². The number of nitrogens with zero attached hydrogens (tertiary/aromatic N) is 1. The first kappa shape index (κ1) is 19.6. The van der Waals surface area contributed by atoms with Crippen LogP contribution in [0.3, 0.4) is 0 Å². The summed E-state index contributed by atoms with van der Waals surface area (Å²) in [5.41, 5.74) is 3.19. The Labute approximate surface area is 150 Å². The number of hydrogen-bond acceptors (Lipinski definition) is 3. The highest BCUT2D eigenvalue weighted by Gasteiger charge is 2.22. The average molecular weight is 361 g/mol. The molecule has 4 nitrogen and oxygen atoms in total. The first-order valence-electron chi connectivity index (χ1n) is 8.69. The zero-order chi connectivity index (χ0) is 18.4. The Kier molecular flexibility index (Phi) is 6.69. The molecule has 2 aromatic rings. The Hall–Kier alpha value is -1.77. The second-order valence-corrected chi connectivity index (χ2v) is 8.77. The maximum absolute atomic E-state index is 12.7. The first-order chi connectivity index (χ1) is 11.9. The van der Waals surface area contributed by atoms with Crippen LogP contribution in [0, 0.1) is 0 Å². The van der Waals surface area contributed by atoms with E-state index < -0.39 is 7.37 Å². The highest BCUT2D eigenvalue weighted by molar-refractivity contribution is 7.58. The molecule has 1 atom stereocenters. The SMILES string of the molecule is C=CCn1cc(C(=C)C)c2ccc(OCP(=O)(CCC)OCC)cc21. The highest BCUT2D eigenvalue weighted by Crippen LogP contribution is 2.47. The van der Waals surface area contributed by atoms with Crippen molar-refractivity contribution >= 4 is 23.8 Å². The molecule has 0 N–H and O–H groups in total. The van der Waals surface area contributed by atoms with Gasteiger partial charge in [0.15, 0.2) is 6.35 Å². The molecule has 0 spiro atoms. The molecule has 1 aromatic heterocycles. The Morgan fingerprint density at radius 1 is 1.36 bits per heavy atom. The number of rotatable bonds is 10. The van der Waals surface area contributed by atoms with Crippen molar-refractivity contribution in [2.24, 2.45) is 0 Å². The molecule has 2 rings (SSSR count). The Morgan fingerprint density at radius 2 is 2.12 bits per heavy atom. The molecule has 0 fully saturated rings.